The van der Waals surface area contributed by atoms with E-state index < -0.39 is 0 Å². The van der Waals surface area contributed by atoms with Gasteiger partial charge in [0.1, 0.15) is 0 Å². The summed E-state index contributed by atoms with van der Waals surface area (Å²) in [6.45, 7) is 4.74. The molecular formula is C9H17I. The maximum Gasteiger partial charge on any atom is 0.0112 e. The van der Waals surface area contributed by atoms with E-state index in [9.17, 15) is 0 Å². The second-order valence-electron chi connectivity index (χ2n) is 3.56. The van der Waals surface area contributed by atoms with E-state index in [-0.39, 0.29) is 0 Å². The molecule has 0 spiro atoms. The van der Waals surface area contributed by atoms with E-state index in [1.165, 1.54) is 25.7 Å². The fraction of sp³-hybridized carbons (Fsp3) is 1.00. The van der Waals surface area contributed by atoms with Crippen molar-refractivity contribution < 1.29 is 0 Å². The van der Waals surface area contributed by atoms with Gasteiger partial charge in [0.2, 0.25) is 0 Å². The maximum absolute atomic E-state index is 2.61. The smallest absolute Gasteiger partial charge is 0.0112 e. The molecule has 0 N–H and O–H groups in total. The van der Waals surface area contributed by atoms with E-state index in [0.717, 1.165) is 15.8 Å². The second-order valence-corrected chi connectivity index (χ2v) is 5.32. The molecule has 0 bridgehead atoms. The van der Waals surface area contributed by atoms with Gasteiger partial charge in [-0.15, -0.1) is 0 Å². The third kappa shape index (κ3) is 2.11. The molecule has 0 amide bonds. The van der Waals surface area contributed by atoms with Crippen LogP contribution in [-0.2, 0) is 0 Å². The summed E-state index contributed by atoms with van der Waals surface area (Å²) < 4.78 is 0.971. The molecule has 10 heavy (non-hydrogen) atoms. The lowest BCUT2D eigenvalue weighted by Gasteiger charge is -2.30. The van der Waals surface area contributed by atoms with Crippen molar-refractivity contribution in [3.8, 4) is 0 Å². The van der Waals surface area contributed by atoms with Crippen molar-refractivity contribution in [2.24, 2.45) is 11.8 Å². The van der Waals surface area contributed by atoms with Crippen LogP contribution in [0.15, 0.2) is 0 Å². The summed E-state index contributed by atoms with van der Waals surface area (Å²) in [7, 11) is 0. The summed E-state index contributed by atoms with van der Waals surface area (Å²) in [6.07, 6.45) is 5.78. The molecular weight excluding hydrogens is 235 g/mol. The molecule has 1 aliphatic carbocycles. The minimum atomic E-state index is 0.971. The molecule has 0 saturated heterocycles. The third-order valence-electron chi connectivity index (χ3n) is 2.82. The summed E-state index contributed by atoms with van der Waals surface area (Å²) in [6, 6.07) is 0. The van der Waals surface area contributed by atoms with Crippen LogP contribution in [0.25, 0.3) is 0 Å². The fourth-order valence-electron chi connectivity index (χ4n) is 1.93. The predicted molar refractivity (Wildman–Crippen MR) is 54.6 cm³/mol. The van der Waals surface area contributed by atoms with Gasteiger partial charge in [0.05, 0.1) is 0 Å². The van der Waals surface area contributed by atoms with Gasteiger partial charge in [-0.3, -0.25) is 0 Å². The molecule has 1 rings (SSSR count). The number of rotatable bonds is 1. The lowest BCUT2D eigenvalue weighted by Crippen LogP contribution is -2.22. The summed E-state index contributed by atoms with van der Waals surface area (Å²) in [5.41, 5.74) is 0. The van der Waals surface area contributed by atoms with Crippen LogP contribution in [0.1, 0.15) is 39.5 Å². The molecule has 1 saturated carbocycles. The molecule has 0 aromatic carbocycles. The lowest BCUT2D eigenvalue weighted by molar-refractivity contribution is 0.260. The molecule has 0 aromatic heterocycles. The van der Waals surface area contributed by atoms with Gasteiger partial charge in [0, 0.05) is 3.92 Å². The maximum atomic E-state index is 2.61. The number of hydrogen-bond donors (Lipinski definition) is 0. The van der Waals surface area contributed by atoms with E-state index in [0.29, 0.717) is 0 Å². The average molecular weight is 252 g/mol. The molecule has 1 fully saturated rings. The van der Waals surface area contributed by atoms with Crippen molar-refractivity contribution in [2.75, 3.05) is 0 Å². The standard InChI is InChI=1S/C9H17I/c1-3-8-6-9(10)5-4-7(8)2/h7-9H,3-6H2,1-2H3. The molecule has 0 aliphatic heterocycles. The SMILES string of the molecule is CCC1CC(I)CCC1C. The first kappa shape index (κ1) is 8.82. The predicted octanol–water partition coefficient (Wildman–Crippen LogP) is 3.64. The Bertz CT molecular complexity index is 101. The van der Waals surface area contributed by atoms with Crippen molar-refractivity contribution in [3.63, 3.8) is 0 Å². The van der Waals surface area contributed by atoms with Crippen LogP contribution in [0.4, 0.5) is 0 Å². The normalized spacial score (nSPS) is 41.7. The van der Waals surface area contributed by atoms with Crippen LogP contribution in [0.5, 0.6) is 0 Å². The molecule has 60 valence electrons. The molecule has 3 unspecified atom stereocenters. The molecule has 0 radical (unpaired) electrons. The van der Waals surface area contributed by atoms with Gasteiger partial charge in [-0.1, -0.05) is 42.9 Å². The van der Waals surface area contributed by atoms with Crippen LogP contribution >= 0.6 is 22.6 Å². The average Bonchev–Trinajstić information content (AvgIpc) is 1.94. The van der Waals surface area contributed by atoms with Gasteiger partial charge in [-0.25, -0.2) is 0 Å². The molecule has 1 heteroatoms. The van der Waals surface area contributed by atoms with Gasteiger partial charge in [-0.2, -0.15) is 0 Å². The number of alkyl halides is 1. The summed E-state index contributed by atoms with van der Waals surface area (Å²) in [4.78, 5) is 0. The minimum absolute atomic E-state index is 0.971. The van der Waals surface area contributed by atoms with Crippen molar-refractivity contribution in [2.45, 2.75) is 43.5 Å². The fourth-order valence-corrected chi connectivity index (χ4v) is 2.94. The van der Waals surface area contributed by atoms with E-state index in [1.54, 1.807) is 0 Å². The second kappa shape index (κ2) is 3.93. The third-order valence-corrected chi connectivity index (χ3v) is 3.95. The Balaban J connectivity index is 2.38. The Hall–Kier alpha value is 0.730. The van der Waals surface area contributed by atoms with Gasteiger partial charge in [0.15, 0.2) is 0 Å². The van der Waals surface area contributed by atoms with Crippen molar-refractivity contribution in [3.05, 3.63) is 0 Å². The lowest BCUT2D eigenvalue weighted by atomic mass is 9.79. The van der Waals surface area contributed by atoms with Crippen LogP contribution in [0.3, 0.4) is 0 Å². The topological polar surface area (TPSA) is 0 Å². The van der Waals surface area contributed by atoms with E-state index in [4.69, 9.17) is 0 Å². The monoisotopic (exact) mass is 252 g/mol. The quantitative estimate of drug-likeness (QED) is 0.493. The highest BCUT2D eigenvalue weighted by Crippen LogP contribution is 2.35. The number of hydrogen-bond acceptors (Lipinski definition) is 0. The van der Waals surface area contributed by atoms with Gasteiger partial charge in [0.25, 0.3) is 0 Å². The van der Waals surface area contributed by atoms with Gasteiger partial charge in [-0.05, 0) is 31.1 Å². The summed E-state index contributed by atoms with van der Waals surface area (Å²) >= 11 is 2.61. The Morgan fingerprint density at radius 1 is 1.40 bits per heavy atom. The summed E-state index contributed by atoms with van der Waals surface area (Å²) in [5.74, 6) is 2.02. The summed E-state index contributed by atoms with van der Waals surface area (Å²) in [5, 5.41) is 0. The van der Waals surface area contributed by atoms with Crippen LogP contribution in [0.2, 0.25) is 0 Å². The van der Waals surface area contributed by atoms with Crippen molar-refractivity contribution in [1.29, 1.82) is 0 Å². The van der Waals surface area contributed by atoms with Gasteiger partial charge >= 0.3 is 0 Å². The highest BCUT2D eigenvalue weighted by molar-refractivity contribution is 14.1. The zero-order valence-electron chi connectivity index (χ0n) is 6.94. The van der Waals surface area contributed by atoms with Crippen LogP contribution in [-0.4, -0.2) is 3.92 Å². The Morgan fingerprint density at radius 2 is 2.10 bits per heavy atom. The first-order valence-electron chi connectivity index (χ1n) is 4.38. The van der Waals surface area contributed by atoms with Gasteiger partial charge < -0.3 is 0 Å². The zero-order chi connectivity index (χ0) is 7.56. The van der Waals surface area contributed by atoms with Crippen LogP contribution < -0.4 is 0 Å². The first-order valence-corrected chi connectivity index (χ1v) is 5.62. The molecule has 1 aliphatic rings. The first-order chi connectivity index (χ1) is 4.74. The van der Waals surface area contributed by atoms with Crippen LogP contribution in [0, 0.1) is 11.8 Å². The van der Waals surface area contributed by atoms with E-state index in [1.807, 2.05) is 0 Å². The Kier molecular flexibility index (Phi) is 3.47. The Morgan fingerprint density at radius 3 is 2.60 bits per heavy atom. The molecule has 0 aromatic rings. The highest BCUT2D eigenvalue weighted by atomic mass is 127. The zero-order valence-corrected chi connectivity index (χ0v) is 9.10. The largest absolute Gasteiger partial charge is 0.0826 e. The number of halogens is 1. The van der Waals surface area contributed by atoms with Crippen molar-refractivity contribution >= 4 is 22.6 Å². The minimum Gasteiger partial charge on any atom is -0.0826 e. The molecule has 0 heterocycles. The molecule has 3 atom stereocenters. The Labute approximate surface area is 77.9 Å². The van der Waals surface area contributed by atoms with Crippen molar-refractivity contribution in [1.82, 2.24) is 0 Å². The van der Waals surface area contributed by atoms with E-state index >= 15 is 0 Å². The van der Waals surface area contributed by atoms with E-state index in [2.05, 4.69) is 36.4 Å². The molecule has 0 nitrogen and oxygen atoms in total. The highest BCUT2D eigenvalue weighted by Gasteiger charge is 2.24.